The van der Waals surface area contributed by atoms with Crippen molar-refractivity contribution in [3.05, 3.63) is 47.5 Å². The number of anilines is 2. The van der Waals surface area contributed by atoms with Crippen molar-refractivity contribution in [2.75, 3.05) is 31.0 Å². The highest BCUT2D eigenvalue weighted by molar-refractivity contribution is 6.07. The molecule has 0 aliphatic carbocycles. The lowest BCUT2D eigenvalue weighted by Gasteiger charge is -2.28. The summed E-state index contributed by atoms with van der Waals surface area (Å²) in [6.07, 6.45) is 2.49. The molecule has 2 amide bonds. The third kappa shape index (κ3) is 3.89. The fourth-order valence-electron chi connectivity index (χ4n) is 3.30. The van der Waals surface area contributed by atoms with Crippen LogP contribution in [0.2, 0.25) is 0 Å². The number of nitrogens with zero attached hydrogens (tertiary/aromatic N) is 1. The Labute approximate surface area is 159 Å². The summed E-state index contributed by atoms with van der Waals surface area (Å²) in [7, 11) is 3.03. The molecule has 2 aromatic rings. The van der Waals surface area contributed by atoms with Crippen molar-refractivity contribution in [1.82, 2.24) is 0 Å². The van der Waals surface area contributed by atoms with Gasteiger partial charge in [0.15, 0.2) is 11.5 Å². The molecule has 3 rings (SSSR count). The number of methoxy groups -OCH3 is 2. The van der Waals surface area contributed by atoms with Crippen molar-refractivity contribution in [3.63, 3.8) is 0 Å². The zero-order chi connectivity index (χ0) is 19.4. The number of hydrogen-bond donors (Lipinski definition) is 1. The van der Waals surface area contributed by atoms with Gasteiger partial charge in [-0.3, -0.25) is 9.59 Å². The molecule has 0 bridgehead atoms. The van der Waals surface area contributed by atoms with Crippen LogP contribution in [0, 0.1) is 6.92 Å². The first-order chi connectivity index (χ1) is 13.0. The van der Waals surface area contributed by atoms with Crippen LogP contribution in [0.1, 0.15) is 35.2 Å². The predicted octanol–water partition coefficient (Wildman–Crippen LogP) is 3.78. The highest BCUT2D eigenvalue weighted by Gasteiger charge is 2.22. The average Bonchev–Trinajstić information content (AvgIpc) is 2.69. The third-order valence-electron chi connectivity index (χ3n) is 4.73. The van der Waals surface area contributed by atoms with Crippen LogP contribution in [-0.2, 0) is 4.79 Å². The molecule has 1 aliphatic heterocycles. The van der Waals surface area contributed by atoms with Crippen LogP contribution in [0.5, 0.6) is 11.5 Å². The van der Waals surface area contributed by atoms with E-state index in [1.54, 1.807) is 23.1 Å². The minimum Gasteiger partial charge on any atom is -0.493 e. The van der Waals surface area contributed by atoms with E-state index in [0.717, 1.165) is 24.1 Å². The van der Waals surface area contributed by atoms with Crippen LogP contribution in [-0.4, -0.2) is 32.6 Å². The maximum atomic E-state index is 12.8. The summed E-state index contributed by atoms with van der Waals surface area (Å²) in [6.45, 7) is 2.68. The second kappa shape index (κ2) is 8.12. The second-order valence-electron chi connectivity index (χ2n) is 6.50. The van der Waals surface area contributed by atoms with Crippen molar-refractivity contribution in [2.45, 2.75) is 26.2 Å². The molecule has 27 heavy (non-hydrogen) atoms. The summed E-state index contributed by atoms with van der Waals surface area (Å²) < 4.78 is 10.6. The topological polar surface area (TPSA) is 67.9 Å². The maximum Gasteiger partial charge on any atom is 0.259 e. The maximum absolute atomic E-state index is 12.8. The van der Waals surface area contributed by atoms with E-state index in [1.807, 2.05) is 25.1 Å². The molecule has 1 heterocycles. The van der Waals surface area contributed by atoms with Gasteiger partial charge in [0.05, 0.1) is 19.8 Å². The number of piperidine rings is 1. The van der Waals surface area contributed by atoms with Gasteiger partial charge in [0.2, 0.25) is 5.91 Å². The number of amides is 2. The molecular weight excluding hydrogens is 344 g/mol. The van der Waals surface area contributed by atoms with Gasteiger partial charge in [0.1, 0.15) is 0 Å². The number of carbonyl (C=O) groups is 2. The van der Waals surface area contributed by atoms with Gasteiger partial charge in [-0.05, 0) is 49.6 Å². The number of benzene rings is 2. The number of carbonyl (C=O) groups excluding carboxylic acids is 2. The summed E-state index contributed by atoms with van der Waals surface area (Å²) in [6, 6.07) is 10.8. The van der Waals surface area contributed by atoms with Crippen LogP contribution < -0.4 is 19.7 Å². The Kier molecular flexibility index (Phi) is 5.64. The minimum absolute atomic E-state index is 0.127. The molecule has 2 aromatic carbocycles. The third-order valence-corrected chi connectivity index (χ3v) is 4.73. The van der Waals surface area contributed by atoms with Crippen LogP contribution in [0.25, 0.3) is 0 Å². The second-order valence-corrected chi connectivity index (χ2v) is 6.50. The number of aryl methyl sites for hydroxylation is 1. The summed E-state index contributed by atoms with van der Waals surface area (Å²) in [4.78, 5) is 26.8. The van der Waals surface area contributed by atoms with Crippen LogP contribution in [0.4, 0.5) is 11.4 Å². The van der Waals surface area contributed by atoms with Crippen LogP contribution >= 0.6 is 0 Å². The van der Waals surface area contributed by atoms with Gasteiger partial charge >= 0.3 is 0 Å². The Morgan fingerprint density at radius 2 is 1.93 bits per heavy atom. The molecular formula is C21H24N2O4. The van der Waals surface area contributed by atoms with E-state index < -0.39 is 0 Å². The number of nitrogens with one attached hydrogen (secondary N) is 1. The van der Waals surface area contributed by atoms with Gasteiger partial charge in [-0.25, -0.2) is 0 Å². The first-order valence-electron chi connectivity index (χ1n) is 8.98. The summed E-state index contributed by atoms with van der Waals surface area (Å²) in [5.74, 6) is 0.706. The zero-order valence-corrected chi connectivity index (χ0v) is 15.9. The standard InChI is InChI=1S/C21H24N2O4/c1-14-10-11-15(13-17(14)23-12-5-4-9-19(23)24)22-21(25)16-7-6-8-18(26-2)20(16)27-3/h6-8,10-11,13H,4-5,9,12H2,1-3H3,(H,22,25). The van der Waals surface area contributed by atoms with E-state index in [1.165, 1.54) is 14.2 Å². The molecule has 142 valence electrons. The molecule has 0 radical (unpaired) electrons. The summed E-state index contributed by atoms with van der Waals surface area (Å²) in [5.41, 5.74) is 2.86. The average molecular weight is 368 g/mol. The van der Waals surface area contributed by atoms with Gasteiger partial charge < -0.3 is 19.7 Å². The van der Waals surface area contributed by atoms with E-state index >= 15 is 0 Å². The lowest BCUT2D eigenvalue weighted by Crippen LogP contribution is -2.35. The number of para-hydroxylation sites is 1. The number of rotatable bonds is 5. The van der Waals surface area contributed by atoms with Crippen molar-refractivity contribution < 1.29 is 19.1 Å². The fraction of sp³-hybridized carbons (Fsp3) is 0.333. The van der Waals surface area contributed by atoms with E-state index in [2.05, 4.69) is 5.32 Å². The smallest absolute Gasteiger partial charge is 0.259 e. The van der Waals surface area contributed by atoms with Crippen LogP contribution in [0.15, 0.2) is 36.4 Å². The van der Waals surface area contributed by atoms with E-state index in [-0.39, 0.29) is 11.8 Å². The Bertz CT molecular complexity index is 863. The first kappa shape index (κ1) is 18.8. The van der Waals surface area contributed by atoms with Gasteiger partial charge in [-0.1, -0.05) is 12.1 Å². The minimum atomic E-state index is -0.300. The lowest BCUT2D eigenvalue weighted by atomic mass is 10.1. The highest BCUT2D eigenvalue weighted by atomic mass is 16.5. The Morgan fingerprint density at radius 3 is 2.63 bits per heavy atom. The van der Waals surface area contributed by atoms with Crippen molar-refractivity contribution in [1.29, 1.82) is 0 Å². The molecule has 1 fully saturated rings. The van der Waals surface area contributed by atoms with Crippen molar-refractivity contribution in [3.8, 4) is 11.5 Å². The SMILES string of the molecule is COc1cccc(C(=O)Nc2ccc(C)c(N3CCCCC3=O)c2)c1OC. The monoisotopic (exact) mass is 368 g/mol. The molecule has 0 atom stereocenters. The van der Waals surface area contributed by atoms with Crippen molar-refractivity contribution in [2.24, 2.45) is 0 Å². The zero-order valence-electron chi connectivity index (χ0n) is 15.9. The summed E-state index contributed by atoms with van der Waals surface area (Å²) in [5, 5.41) is 2.89. The molecule has 1 aliphatic rings. The van der Waals surface area contributed by atoms with E-state index in [0.29, 0.717) is 35.7 Å². The number of hydrogen-bond acceptors (Lipinski definition) is 4. The van der Waals surface area contributed by atoms with Crippen molar-refractivity contribution >= 4 is 23.2 Å². The fourth-order valence-corrected chi connectivity index (χ4v) is 3.30. The molecule has 6 nitrogen and oxygen atoms in total. The molecule has 0 unspecified atom stereocenters. The van der Waals surface area contributed by atoms with Crippen LogP contribution in [0.3, 0.4) is 0 Å². The van der Waals surface area contributed by atoms with Gasteiger partial charge in [0, 0.05) is 24.3 Å². The normalized spacial score (nSPS) is 14.0. The van der Waals surface area contributed by atoms with Gasteiger partial charge in [0.25, 0.3) is 5.91 Å². The molecule has 6 heteroatoms. The molecule has 1 saturated heterocycles. The largest absolute Gasteiger partial charge is 0.493 e. The molecule has 0 saturated carbocycles. The molecule has 1 N–H and O–H groups in total. The van der Waals surface area contributed by atoms with E-state index in [4.69, 9.17) is 9.47 Å². The quantitative estimate of drug-likeness (QED) is 0.872. The Balaban J connectivity index is 1.87. The highest BCUT2D eigenvalue weighted by Crippen LogP contribution is 2.32. The van der Waals surface area contributed by atoms with Gasteiger partial charge in [-0.15, -0.1) is 0 Å². The number of ether oxygens (including phenoxy) is 2. The Hall–Kier alpha value is -3.02. The van der Waals surface area contributed by atoms with Gasteiger partial charge in [-0.2, -0.15) is 0 Å². The summed E-state index contributed by atoms with van der Waals surface area (Å²) >= 11 is 0. The first-order valence-corrected chi connectivity index (χ1v) is 8.98. The van der Waals surface area contributed by atoms with E-state index in [9.17, 15) is 9.59 Å². The molecule has 0 aromatic heterocycles. The lowest BCUT2D eigenvalue weighted by molar-refractivity contribution is -0.119. The Morgan fingerprint density at radius 1 is 1.11 bits per heavy atom. The predicted molar refractivity (Wildman–Crippen MR) is 105 cm³/mol. The molecule has 0 spiro atoms.